The predicted molar refractivity (Wildman–Crippen MR) is 86.5 cm³/mol. The van der Waals surface area contributed by atoms with Crippen molar-refractivity contribution in [2.45, 2.75) is 51.5 Å². The minimum absolute atomic E-state index is 0.310. The van der Waals surface area contributed by atoms with E-state index in [1.807, 2.05) is 19.1 Å². The highest BCUT2D eigenvalue weighted by molar-refractivity contribution is 5.84. The zero-order valence-electron chi connectivity index (χ0n) is 13.6. The maximum Gasteiger partial charge on any atom is 0.237 e. The van der Waals surface area contributed by atoms with Gasteiger partial charge < -0.3 is 15.8 Å². The average Bonchev–Trinajstić information content (AvgIpc) is 2.46. The van der Waals surface area contributed by atoms with Gasteiger partial charge in [0.05, 0.1) is 12.1 Å². The Morgan fingerprint density at radius 3 is 2.38 bits per heavy atom. The van der Waals surface area contributed by atoms with Crippen LogP contribution in [0.4, 0.5) is 0 Å². The van der Waals surface area contributed by atoms with Gasteiger partial charge in [-0.25, -0.2) is 0 Å². The van der Waals surface area contributed by atoms with Crippen LogP contribution in [0.2, 0.25) is 0 Å². The molecule has 1 atom stereocenters. The van der Waals surface area contributed by atoms with Gasteiger partial charge in [0.25, 0.3) is 0 Å². The van der Waals surface area contributed by atoms with E-state index in [2.05, 4.69) is 31.3 Å². The van der Waals surface area contributed by atoms with Crippen LogP contribution in [0, 0.1) is 0 Å². The summed E-state index contributed by atoms with van der Waals surface area (Å²) in [5.74, 6) is 1.12. The summed E-state index contributed by atoms with van der Waals surface area (Å²) in [4.78, 5) is 11.4. The first-order valence-corrected chi connectivity index (χ1v) is 7.60. The third-order valence-electron chi connectivity index (χ3n) is 3.98. The molecule has 1 aromatic carbocycles. The van der Waals surface area contributed by atoms with E-state index in [0.29, 0.717) is 18.9 Å². The molecule has 118 valence electrons. The Balaban J connectivity index is 2.30. The molecule has 0 saturated carbocycles. The zero-order chi connectivity index (χ0) is 15.9. The molecule has 0 aliphatic carbocycles. The van der Waals surface area contributed by atoms with Gasteiger partial charge in [-0.15, -0.1) is 0 Å². The summed E-state index contributed by atoms with van der Waals surface area (Å²) >= 11 is 0. The Hall–Kier alpha value is -1.55. The highest BCUT2D eigenvalue weighted by atomic mass is 16.5. The number of carbonyl (C=O) groups excluding carboxylic acids is 1. The second-order valence-corrected chi connectivity index (χ2v) is 5.98. The molecular formula is C17H28N2O2. The number of rotatable bonds is 9. The monoisotopic (exact) mass is 292 g/mol. The maximum atomic E-state index is 11.4. The van der Waals surface area contributed by atoms with Crippen molar-refractivity contribution < 1.29 is 9.53 Å². The quantitative estimate of drug-likeness (QED) is 0.688. The highest BCUT2D eigenvalue weighted by Gasteiger charge is 2.27. The van der Waals surface area contributed by atoms with Crippen molar-refractivity contribution in [2.24, 2.45) is 5.73 Å². The van der Waals surface area contributed by atoms with Gasteiger partial charge in [-0.2, -0.15) is 0 Å². The Kier molecular flexibility index (Phi) is 6.69. The maximum absolute atomic E-state index is 11.4. The minimum Gasteiger partial charge on any atom is -0.494 e. The summed E-state index contributed by atoms with van der Waals surface area (Å²) in [6, 6.07) is 8.23. The summed E-state index contributed by atoms with van der Waals surface area (Å²) < 4.78 is 5.71. The lowest BCUT2D eigenvalue weighted by Gasteiger charge is -2.25. The number of carbonyl (C=O) groups is 1. The van der Waals surface area contributed by atoms with E-state index in [-0.39, 0.29) is 5.91 Å². The molecule has 0 heterocycles. The fraction of sp³-hybridized carbons (Fsp3) is 0.588. The number of ether oxygens (including phenoxy) is 1. The number of amides is 1. The number of nitrogens with two attached hydrogens (primary N) is 1. The second kappa shape index (κ2) is 8.03. The van der Waals surface area contributed by atoms with Crippen LogP contribution >= 0.6 is 0 Å². The first kappa shape index (κ1) is 17.5. The lowest BCUT2D eigenvalue weighted by molar-refractivity contribution is -0.123. The molecule has 1 aromatic rings. The lowest BCUT2D eigenvalue weighted by Crippen LogP contribution is -2.51. The van der Waals surface area contributed by atoms with Crippen molar-refractivity contribution >= 4 is 5.91 Å². The smallest absolute Gasteiger partial charge is 0.237 e. The van der Waals surface area contributed by atoms with Crippen LogP contribution in [0.5, 0.6) is 5.75 Å². The number of primary amides is 1. The molecular weight excluding hydrogens is 264 g/mol. The van der Waals surface area contributed by atoms with E-state index in [1.54, 1.807) is 7.05 Å². The summed E-state index contributed by atoms with van der Waals surface area (Å²) in [7, 11) is 1.76. The lowest BCUT2D eigenvalue weighted by atomic mass is 9.94. The Morgan fingerprint density at radius 1 is 1.29 bits per heavy atom. The van der Waals surface area contributed by atoms with Crippen LogP contribution in [-0.2, 0) is 4.79 Å². The van der Waals surface area contributed by atoms with Gasteiger partial charge in [0, 0.05) is 0 Å². The van der Waals surface area contributed by atoms with Crippen molar-refractivity contribution in [1.29, 1.82) is 0 Å². The number of benzene rings is 1. The van der Waals surface area contributed by atoms with Crippen LogP contribution in [0.15, 0.2) is 24.3 Å². The molecule has 21 heavy (non-hydrogen) atoms. The van der Waals surface area contributed by atoms with Crippen molar-refractivity contribution in [2.75, 3.05) is 13.7 Å². The molecule has 3 N–H and O–H groups in total. The molecule has 1 amide bonds. The van der Waals surface area contributed by atoms with Crippen LogP contribution in [0.25, 0.3) is 0 Å². The van der Waals surface area contributed by atoms with Gasteiger partial charge in [0.15, 0.2) is 0 Å². The minimum atomic E-state index is -0.626. The van der Waals surface area contributed by atoms with Gasteiger partial charge in [-0.1, -0.05) is 26.0 Å². The highest BCUT2D eigenvalue weighted by Crippen LogP contribution is 2.19. The Morgan fingerprint density at radius 2 is 1.90 bits per heavy atom. The third kappa shape index (κ3) is 5.38. The summed E-state index contributed by atoms with van der Waals surface area (Å²) in [6.07, 6.45) is 2.51. The van der Waals surface area contributed by atoms with E-state index in [4.69, 9.17) is 10.5 Å². The third-order valence-corrected chi connectivity index (χ3v) is 3.98. The van der Waals surface area contributed by atoms with E-state index >= 15 is 0 Å². The molecule has 0 aromatic heterocycles. The Labute approximate surface area is 128 Å². The number of hydrogen-bond donors (Lipinski definition) is 2. The molecule has 0 saturated heterocycles. The zero-order valence-corrected chi connectivity index (χ0v) is 13.6. The fourth-order valence-electron chi connectivity index (χ4n) is 2.09. The number of nitrogens with one attached hydrogen (secondary N) is 1. The van der Waals surface area contributed by atoms with Gasteiger partial charge in [0.1, 0.15) is 5.75 Å². The largest absolute Gasteiger partial charge is 0.494 e. The van der Waals surface area contributed by atoms with Crippen molar-refractivity contribution in [3.63, 3.8) is 0 Å². The van der Waals surface area contributed by atoms with Gasteiger partial charge in [-0.3, -0.25) is 4.79 Å². The fourth-order valence-corrected chi connectivity index (χ4v) is 2.09. The number of hydrogen-bond acceptors (Lipinski definition) is 3. The van der Waals surface area contributed by atoms with Crippen molar-refractivity contribution in [3.05, 3.63) is 29.8 Å². The summed E-state index contributed by atoms with van der Waals surface area (Å²) in [5.41, 5.74) is 6.08. The van der Waals surface area contributed by atoms with Crippen LogP contribution < -0.4 is 15.8 Å². The van der Waals surface area contributed by atoms with Crippen molar-refractivity contribution in [1.82, 2.24) is 5.32 Å². The molecule has 4 heteroatoms. The van der Waals surface area contributed by atoms with Gasteiger partial charge >= 0.3 is 0 Å². The topological polar surface area (TPSA) is 64.3 Å². The van der Waals surface area contributed by atoms with Gasteiger partial charge in [0.2, 0.25) is 5.91 Å². The molecule has 0 radical (unpaired) electrons. The molecule has 0 bridgehead atoms. The van der Waals surface area contributed by atoms with E-state index in [9.17, 15) is 4.79 Å². The Bertz CT molecular complexity index is 443. The van der Waals surface area contributed by atoms with Crippen LogP contribution in [0.1, 0.15) is 51.5 Å². The molecule has 0 fully saturated rings. The molecule has 0 aliphatic rings. The summed E-state index contributed by atoms with van der Waals surface area (Å²) in [5, 5.41) is 2.99. The standard InChI is InChI=1S/C17H28N2O2/c1-13(2)14-7-9-15(10-8-14)21-12-6-5-11-17(3,19-4)16(18)20/h7-10,13,19H,5-6,11-12H2,1-4H3,(H2,18,20). The van der Waals surface area contributed by atoms with Crippen LogP contribution in [-0.4, -0.2) is 25.1 Å². The number of unbranched alkanes of at least 4 members (excludes halogenated alkanes) is 1. The van der Waals surface area contributed by atoms with E-state index in [0.717, 1.165) is 18.6 Å². The first-order valence-electron chi connectivity index (χ1n) is 7.60. The molecule has 0 aliphatic heterocycles. The van der Waals surface area contributed by atoms with Crippen molar-refractivity contribution in [3.8, 4) is 5.75 Å². The van der Waals surface area contributed by atoms with Crippen LogP contribution in [0.3, 0.4) is 0 Å². The molecule has 1 unspecified atom stereocenters. The SMILES string of the molecule is CNC(C)(CCCCOc1ccc(C(C)C)cc1)C(N)=O. The summed E-state index contributed by atoms with van der Waals surface area (Å²) in [6.45, 7) is 6.83. The second-order valence-electron chi connectivity index (χ2n) is 5.98. The molecule has 0 spiro atoms. The first-order chi connectivity index (χ1) is 9.89. The average molecular weight is 292 g/mol. The van der Waals surface area contributed by atoms with Gasteiger partial charge in [-0.05, 0) is 56.8 Å². The predicted octanol–water partition coefficient (Wildman–Crippen LogP) is 2.82. The number of likely N-dealkylation sites (N-methyl/N-ethyl adjacent to an activating group) is 1. The molecule has 1 rings (SSSR count). The molecule has 4 nitrogen and oxygen atoms in total. The van der Waals surface area contributed by atoms with E-state index < -0.39 is 5.54 Å². The normalized spacial score (nSPS) is 14.0. The van der Waals surface area contributed by atoms with E-state index in [1.165, 1.54) is 5.56 Å².